The van der Waals surface area contributed by atoms with Crippen LogP contribution in [0.4, 0.5) is 0 Å². The van der Waals surface area contributed by atoms with E-state index >= 15 is 0 Å². The first kappa shape index (κ1) is 34.8. The second-order valence-electron chi connectivity index (χ2n) is 16.6. The summed E-state index contributed by atoms with van der Waals surface area (Å²) < 4.78 is 0. The zero-order valence-corrected chi connectivity index (χ0v) is 33.8. The molecular formula is C59H37N3. The lowest BCUT2D eigenvalue weighted by atomic mass is 9.66. The van der Waals surface area contributed by atoms with Crippen molar-refractivity contribution in [3.63, 3.8) is 0 Å². The SMILES string of the molecule is c1ccc(-c2ccccc2-c2nc(-c3ccc4c(c3)-c3ccccc3C43c4ccccc4-c4ccccc4-c4ccccc43)nc(-c3cccc4c3-c3ccccc3C4)n2)cc1. The minimum absolute atomic E-state index is 0.557. The molecular weight excluding hydrogens is 751 g/mol. The largest absolute Gasteiger partial charge is 0.208 e. The first-order valence-corrected chi connectivity index (χ1v) is 21.4. The van der Waals surface area contributed by atoms with Crippen LogP contribution < -0.4 is 0 Å². The van der Waals surface area contributed by atoms with E-state index in [0.717, 1.165) is 34.2 Å². The quantitative estimate of drug-likeness (QED) is 0.178. The molecule has 288 valence electrons. The molecule has 0 aliphatic heterocycles. The average Bonchev–Trinajstić information content (AvgIpc) is 3.84. The van der Waals surface area contributed by atoms with E-state index in [9.17, 15) is 0 Å². The van der Waals surface area contributed by atoms with Gasteiger partial charge in [0.25, 0.3) is 0 Å². The molecule has 9 aromatic carbocycles. The van der Waals surface area contributed by atoms with Gasteiger partial charge in [0, 0.05) is 16.7 Å². The minimum Gasteiger partial charge on any atom is -0.208 e. The van der Waals surface area contributed by atoms with Crippen LogP contribution in [-0.4, -0.2) is 15.0 Å². The van der Waals surface area contributed by atoms with E-state index in [1.54, 1.807) is 0 Å². The monoisotopic (exact) mass is 787 g/mol. The number of hydrogen-bond donors (Lipinski definition) is 0. The highest BCUT2D eigenvalue weighted by Crippen LogP contribution is 2.61. The molecule has 1 heterocycles. The summed E-state index contributed by atoms with van der Waals surface area (Å²) in [6.45, 7) is 0. The fourth-order valence-electron chi connectivity index (χ4n) is 10.9. The van der Waals surface area contributed by atoms with Gasteiger partial charge in [-0.1, -0.05) is 206 Å². The van der Waals surface area contributed by atoms with Gasteiger partial charge < -0.3 is 0 Å². The molecule has 0 atom stereocenters. The van der Waals surface area contributed by atoms with Gasteiger partial charge in [-0.15, -0.1) is 0 Å². The van der Waals surface area contributed by atoms with Crippen molar-refractivity contribution in [3.8, 4) is 89.8 Å². The molecule has 0 saturated carbocycles. The Bertz CT molecular complexity index is 3390. The maximum atomic E-state index is 5.43. The molecule has 0 fully saturated rings. The Morgan fingerprint density at radius 2 is 0.726 bits per heavy atom. The minimum atomic E-state index is -0.557. The Hall–Kier alpha value is -8.01. The molecule has 13 rings (SSSR count). The van der Waals surface area contributed by atoms with Crippen LogP contribution in [0, 0.1) is 0 Å². The topological polar surface area (TPSA) is 38.7 Å². The van der Waals surface area contributed by atoms with E-state index in [4.69, 9.17) is 15.0 Å². The van der Waals surface area contributed by atoms with Crippen LogP contribution in [0.5, 0.6) is 0 Å². The molecule has 3 aliphatic rings. The summed E-state index contributed by atoms with van der Waals surface area (Å²) in [5.74, 6) is 1.96. The molecule has 1 aromatic heterocycles. The molecule has 0 saturated heterocycles. The lowest BCUT2D eigenvalue weighted by molar-refractivity contribution is 0.775. The van der Waals surface area contributed by atoms with E-state index in [1.165, 1.54) is 77.9 Å². The summed E-state index contributed by atoms with van der Waals surface area (Å²) in [7, 11) is 0. The third-order valence-electron chi connectivity index (χ3n) is 13.4. The Labute approximate surface area is 360 Å². The fraction of sp³-hybridized carbons (Fsp3) is 0.0339. The molecule has 0 bridgehead atoms. The highest BCUT2D eigenvalue weighted by Gasteiger charge is 2.49. The van der Waals surface area contributed by atoms with Crippen LogP contribution in [0.2, 0.25) is 0 Å². The molecule has 1 spiro atoms. The Morgan fingerprint density at radius 3 is 1.39 bits per heavy atom. The number of fused-ring (bicyclic) bond motifs is 15. The molecule has 3 heteroatoms. The van der Waals surface area contributed by atoms with Gasteiger partial charge in [-0.05, 0) is 102 Å². The standard InChI is InChI=1S/C59H37N3/c1-2-17-37(18-3-1)41-21-6-9-28-48(41)57-60-56(61-58(62-57)49-29-16-20-39-35-38-19-4-5-22-42(38)55(39)49)40-33-34-54-50(36-40)47-27-12-15-32-53(47)59(54)51-30-13-10-25-45(51)43-23-7-8-24-44(43)46-26-11-14-31-52(46)59/h1-34,36H,35H2. The van der Waals surface area contributed by atoms with Gasteiger partial charge in [0.15, 0.2) is 17.5 Å². The van der Waals surface area contributed by atoms with E-state index in [0.29, 0.717) is 17.5 Å². The normalized spacial score (nSPS) is 13.2. The first-order valence-electron chi connectivity index (χ1n) is 21.4. The summed E-state index contributed by atoms with van der Waals surface area (Å²) in [6.07, 6.45) is 0.893. The summed E-state index contributed by atoms with van der Waals surface area (Å²) in [6, 6.07) is 77.1. The number of nitrogens with zero attached hydrogens (tertiary/aromatic N) is 3. The van der Waals surface area contributed by atoms with Gasteiger partial charge in [-0.25, -0.2) is 15.0 Å². The third kappa shape index (κ3) is 4.97. The second kappa shape index (κ2) is 13.5. The van der Waals surface area contributed by atoms with Crippen molar-refractivity contribution in [3.05, 3.63) is 246 Å². The van der Waals surface area contributed by atoms with Crippen LogP contribution in [-0.2, 0) is 11.8 Å². The molecule has 10 aromatic rings. The Morgan fingerprint density at radius 1 is 0.274 bits per heavy atom. The highest BCUT2D eigenvalue weighted by atomic mass is 15.0. The number of benzene rings is 9. The van der Waals surface area contributed by atoms with Gasteiger partial charge in [0.1, 0.15) is 0 Å². The summed E-state index contributed by atoms with van der Waals surface area (Å²) in [5.41, 5.74) is 22.2. The van der Waals surface area contributed by atoms with Crippen molar-refractivity contribution >= 4 is 0 Å². The van der Waals surface area contributed by atoms with Gasteiger partial charge in [0.05, 0.1) is 5.41 Å². The second-order valence-corrected chi connectivity index (χ2v) is 16.6. The van der Waals surface area contributed by atoms with Gasteiger partial charge in [-0.2, -0.15) is 0 Å². The number of rotatable bonds is 4. The first-order chi connectivity index (χ1) is 30.8. The van der Waals surface area contributed by atoms with Crippen LogP contribution >= 0.6 is 0 Å². The van der Waals surface area contributed by atoms with Crippen LogP contribution in [0.15, 0.2) is 212 Å². The molecule has 0 amide bonds. The Balaban J connectivity index is 1.07. The third-order valence-corrected chi connectivity index (χ3v) is 13.4. The number of hydrogen-bond acceptors (Lipinski definition) is 3. The summed E-state index contributed by atoms with van der Waals surface area (Å²) in [5, 5.41) is 0. The fourth-order valence-corrected chi connectivity index (χ4v) is 10.9. The maximum Gasteiger partial charge on any atom is 0.164 e. The van der Waals surface area contributed by atoms with Gasteiger partial charge in [-0.3, -0.25) is 0 Å². The van der Waals surface area contributed by atoms with Crippen molar-refractivity contribution in [2.75, 3.05) is 0 Å². The average molecular weight is 788 g/mol. The van der Waals surface area contributed by atoms with Crippen molar-refractivity contribution in [1.29, 1.82) is 0 Å². The van der Waals surface area contributed by atoms with E-state index in [2.05, 4.69) is 212 Å². The zero-order valence-electron chi connectivity index (χ0n) is 33.8. The van der Waals surface area contributed by atoms with Crippen LogP contribution in [0.3, 0.4) is 0 Å². The number of aromatic nitrogens is 3. The molecule has 62 heavy (non-hydrogen) atoms. The highest BCUT2D eigenvalue weighted by molar-refractivity contribution is 5.98. The predicted octanol–water partition coefficient (Wildman–Crippen LogP) is 14.1. The maximum absolute atomic E-state index is 5.43. The van der Waals surface area contributed by atoms with Crippen LogP contribution in [0.25, 0.3) is 89.8 Å². The zero-order chi connectivity index (χ0) is 40.8. The lowest BCUT2D eigenvalue weighted by Gasteiger charge is -2.35. The summed E-state index contributed by atoms with van der Waals surface area (Å²) in [4.78, 5) is 16.2. The van der Waals surface area contributed by atoms with Crippen molar-refractivity contribution in [1.82, 2.24) is 15.0 Å². The van der Waals surface area contributed by atoms with Crippen molar-refractivity contribution < 1.29 is 0 Å². The van der Waals surface area contributed by atoms with Crippen LogP contribution in [0.1, 0.15) is 33.4 Å². The Kier molecular flexibility index (Phi) is 7.58. The molecule has 0 unspecified atom stereocenters. The van der Waals surface area contributed by atoms with Crippen molar-refractivity contribution in [2.45, 2.75) is 11.8 Å². The van der Waals surface area contributed by atoms with E-state index in [-0.39, 0.29) is 0 Å². The van der Waals surface area contributed by atoms with Gasteiger partial charge in [0.2, 0.25) is 0 Å². The molecule has 3 aliphatic carbocycles. The lowest BCUT2D eigenvalue weighted by Crippen LogP contribution is -2.29. The van der Waals surface area contributed by atoms with E-state index < -0.39 is 5.41 Å². The predicted molar refractivity (Wildman–Crippen MR) is 252 cm³/mol. The van der Waals surface area contributed by atoms with E-state index in [1.807, 2.05) is 0 Å². The molecule has 0 radical (unpaired) electrons. The molecule has 0 N–H and O–H groups in total. The van der Waals surface area contributed by atoms with Crippen molar-refractivity contribution in [2.24, 2.45) is 0 Å². The van der Waals surface area contributed by atoms with Gasteiger partial charge >= 0.3 is 0 Å². The smallest absolute Gasteiger partial charge is 0.164 e. The summed E-state index contributed by atoms with van der Waals surface area (Å²) >= 11 is 0. The molecule has 3 nitrogen and oxygen atoms in total.